The van der Waals surface area contributed by atoms with Crippen LogP contribution >= 0.6 is 23.2 Å². The normalized spacial score (nSPS) is 15.8. The monoisotopic (exact) mass is 426 g/mol. The number of amides is 1. The fourth-order valence-electron chi connectivity index (χ4n) is 4.20. The van der Waals surface area contributed by atoms with Gasteiger partial charge in [-0.3, -0.25) is 10.2 Å². The highest BCUT2D eigenvalue weighted by atomic mass is 35.5. The Labute approximate surface area is 179 Å². The fourth-order valence-corrected chi connectivity index (χ4v) is 4.69. The summed E-state index contributed by atoms with van der Waals surface area (Å²) < 4.78 is 1.78. The number of nitrogens with one attached hydrogen (secondary N) is 1. The smallest absolute Gasteiger partial charge is 0.283 e. The van der Waals surface area contributed by atoms with Crippen molar-refractivity contribution in [2.45, 2.75) is 25.7 Å². The predicted octanol–water partition coefficient (Wildman–Crippen LogP) is 4.88. The molecule has 1 fully saturated rings. The molecule has 2 aromatic carbocycles. The number of benzene rings is 2. The maximum absolute atomic E-state index is 13.1. The van der Waals surface area contributed by atoms with E-state index in [0.717, 1.165) is 42.8 Å². The van der Waals surface area contributed by atoms with Crippen LogP contribution in [0.5, 0.6) is 0 Å². The predicted molar refractivity (Wildman–Crippen MR) is 115 cm³/mol. The highest BCUT2D eigenvalue weighted by molar-refractivity contribution is 6.35. The molecule has 1 aromatic heterocycles. The molecular weight excluding hydrogens is 407 g/mol. The quantitative estimate of drug-likeness (QED) is 0.507. The minimum absolute atomic E-state index is 0.167. The summed E-state index contributed by atoms with van der Waals surface area (Å²) in [7, 11) is 0. The Morgan fingerprint density at radius 1 is 1.03 bits per heavy atom. The average molecular weight is 427 g/mol. The van der Waals surface area contributed by atoms with E-state index in [1.54, 1.807) is 16.8 Å². The van der Waals surface area contributed by atoms with Crippen molar-refractivity contribution in [3.05, 3.63) is 69.3 Å². The highest BCUT2D eigenvalue weighted by Crippen LogP contribution is 2.40. The summed E-state index contributed by atoms with van der Waals surface area (Å²) in [4.78, 5) is 13.1. The van der Waals surface area contributed by atoms with Crippen LogP contribution in [0.1, 0.15) is 40.9 Å². The minimum atomic E-state index is -0.167. The summed E-state index contributed by atoms with van der Waals surface area (Å²) in [6.07, 6.45) is 4.08. The lowest BCUT2D eigenvalue weighted by Gasteiger charge is -2.26. The molecule has 1 amide bonds. The van der Waals surface area contributed by atoms with E-state index in [1.165, 1.54) is 12.0 Å². The second-order valence-corrected chi connectivity index (χ2v) is 8.35. The first-order chi connectivity index (χ1) is 14.1. The Morgan fingerprint density at radius 2 is 1.83 bits per heavy atom. The third-order valence-corrected chi connectivity index (χ3v) is 6.13. The van der Waals surface area contributed by atoms with Crippen LogP contribution < -0.4 is 5.43 Å². The van der Waals surface area contributed by atoms with Crippen molar-refractivity contribution >= 4 is 29.1 Å². The van der Waals surface area contributed by atoms with Gasteiger partial charge in [-0.05, 0) is 36.6 Å². The van der Waals surface area contributed by atoms with Gasteiger partial charge in [0.15, 0.2) is 5.69 Å². The van der Waals surface area contributed by atoms with Crippen LogP contribution in [0.25, 0.3) is 16.9 Å². The van der Waals surface area contributed by atoms with Gasteiger partial charge in [-0.1, -0.05) is 53.9 Å². The maximum Gasteiger partial charge on any atom is 0.286 e. The first-order valence-corrected chi connectivity index (χ1v) is 10.6. The molecule has 0 radical (unpaired) electrons. The topological polar surface area (TPSA) is 50.2 Å². The van der Waals surface area contributed by atoms with Gasteiger partial charge >= 0.3 is 0 Å². The Morgan fingerprint density at radius 3 is 2.62 bits per heavy atom. The third-order valence-electron chi connectivity index (χ3n) is 5.59. The molecule has 0 saturated carbocycles. The molecule has 3 aromatic rings. The van der Waals surface area contributed by atoms with Gasteiger partial charge in [-0.25, -0.2) is 9.69 Å². The lowest BCUT2D eigenvalue weighted by atomic mass is 10.1. The number of piperidine rings is 1. The molecule has 148 valence electrons. The molecule has 1 saturated heterocycles. The van der Waals surface area contributed by atoms with Gasteiger partial charge in [0, 0.05) is 35.7 Å². The zero-order valence-corrected chi connectivity index (χ0v) is 17.3. The van der Waals surface area contributed by atoms with Gasteiger partial charge in [0.25, 0.3) is 5.91 Å². The second-order valence-electron chi connectivity index (χ2n) is 7.51. The van der Waals surface area contributed by atoms with Gasteiger partial charge in [0.05, 0.1) is 16.4 Å². The lowest BCUT2D eigenvalue weighted by Crippen LogP contribution is -2.45. The molecule has 0 spiro atoms. The molecule has 2 heterocycles. The van der Waals surface area contributed by atoms with E-state index in [0.29, 0.717) is 27.8 Å². The van der Waals surface area contributed by atoms with Crippen molar-refractivity contribution in [2.75, 3.05) is 13.1 Å². The Kier molecular flexibility index (Phi) is 4.82. The number of hydrogen-bond donors (Lipinski definition) is 1. The summed E-state index contributed by atoms with van der Waals surface area (Å²) in [5, 5.41) is 7.76. The Bertz CT molecular complexity index is 1100. The molecule has 29 heavy (non-hydrogen) atoms. The number of carbonyl (C=O) groups is 1. The van der Waals surface area contributed by atoms with Gasteiger partial charge in [0.1, 0.15) is 0 Å². The van der Waals surface area contributed by atoms with Gasteiger partial charge in [-0.15, -0.1) is 0 Å². The third kappa shape index (κ3) is 3.33. The summed E-state index contributed by atoms with van der Waals surface area (Å²) in [5.41, 5.74) is 8.33. The summed E-state index contributed by atoms with van der Waals surface area (Å²) in [5.74, 6) is -0.167. The van der Waals surface area contributed by atoms with Crippen LogP contribution in [-0.4, -0.2) is 33.8 Å². The molecule has 1 aliphatic carbocycles. The van der Waals surface area contributed by atoms with Crippen LogP contribution in [0.3, 0.4) is 0 Å². The van der Waals surface area contributed by atoms with E-state index in [-0.39, 0.29) is 5.91 Å². The van der Waals surface area contributed by atoms with Crippen molar-refractivity contribution in [2.24, 2.45) is 0 Å². The number of rotatable bonds is 3. The van der Waals surface area contributed by atoms with Crippen molar-refractivity contribution < 1.29 is 4.79 Å². The number of halogens is 2. The van der Waals surface area contributed by atoms with E-state index < -0.39 is 0 Å². The van der Waals surface area contributed by atoms with Crippen molar-refractivity contribution in [1.29, 1.82) is 0 Å². The number of carbonyl (C=O) groups excluding carboxylic acids is 1. The summed E-state index contributed by atoms with van der Waals surface area (Å²) in [6, 6.07) is 13.5. The van der Waals surface area contributed by atoms with Crippen LogP contribution in [0.2, 0.25) is 10.0 Å². The molecule has 0 unspecified atom stereocenters. The Hall–Kier alpha value is -2.34. The summed E-state index contributed by atoms with van der Waals surface area (Å²) >= 11 is 12.6. The fraction of sp³-hybridized carbons (Fsp3) is 0.273. The minimum Gasteiger partial charge on any atom is -0.283 e. The van der Waals surface area contributed by atoms with Crippen LogP contribution in [0.15, 0.2) is 42.5 Å². The average Bonchev–Trinajstić information content (AvgIpc) is 3.26. The standard InChI is InChI=1S/C22H20Cl2N4O/c23-15-8-9-19(18(24)13-15)28-21-16-7-3-2-6-14(16)12-17(21)20(25-28)22(29)26-27-10-4-1-5-11-27/h2-3,6-9,13H,1,4-5,10-12H2,(H,26,29). The van der Waals surface area contributed by atoms with Crippen LogP contribution in [0, 0.1) is 0 Å². The molecule has 7 heteroatoms. The van der Waals surface area contributed by atoms with Crippen LogP contribution in [0.4, 0.5) is 0 Å². The lowest BCUT2D eigenvalue weighted by molar-refractivity contribution is 0.0743. The van der Waals surface area contributed by atoms with Gasteiger partial charge in [0.2, 0.25) is 0 Å². The van der Waals surface area contributed by atoms with E-state index in [9.17, 15) is 4.79 Å². The number of fused-ring (bicyclic) bond motifs is 3. The number of aromatic nitrogens is 2. The second kappa shape index (κ2) is 7.48. The van der Waals surface area contributed by atoms with Crippen LogP contribution in [-0.2, 0) is 6.42 Å². The highest BCUT2D eigenvalue weighted by Gasteiger charge is 2.32. The molecule has 5 nitrogen and oxygen atoms in total. The number of hydrazine groups is 1. The first kappa shape index (κ1) is 18.7. The molecule has 2 aliphatic rings. The number of nitrogens with zero attached hydrogens (tertiary/aromatic N) is 3. The zero-order valence-electron chi connectivity index (χ0n) is 15.8. The van der Waals surface area contributed by atoms with E-state index in [1.807, 2.05) is 23.2 Å². The van der Waals surface area contributed by atoms with E-state index in [2.05, 4.69) is 17.6 Å². The first-order valence-electron chi connectivity index (χ1n) is 9.83. The molecule has 1 aliphatic heterocycles. The van der Waals surface area contributed by atoms with Crippen molar-refractivity contribution in [1.82, 2.24) is 20.2 Å². The maximum atomic E-state index is 13.1. The Balaban J connectivity index is 1.61. The molecule has 5 rings (SSSR count). The summed E-state index contributed by atoms with van der Waals surface area (Å²) in [6.45, 7) is 1.75. The van der Waals surface area contributed by atoms with Gasteiger partial charge in [-0.2, -0.15) is 5.10 Å². The van der Waals surface area contributed by atoms with E-state index >= 15 is 0 Å². The largest absolute Gasteiger partial charge is 0.286 e. The molecule has 0 bridgehead atoms. The molecule has 0 atom stereocenters. The SMILES string of the molecule is O=C(NN1CCCCC1)c1nn(-c2ccc(Cl)cc2Cl)c2c1Cc1ccccc1-2. The number of hydrogen-bond acceptors (Lipinski definition) is 3. The zero-order chi connectivity index (χ0) is 20.0. The molecule has 1 N–H and O–H groups in total. The van der Waals surface area contributed by atoms with E-state index in [4.69, 9.17) is 28.3 Å². The molecular formula is C22H20Cl2N4O. The van der Waals surface area contributed by atoms with Crippen molar-refractivity contribution in [3.8, 4) is 16.9 Å². The van der Waals surface area contributed by atoms with Crippen molar-refractivity contribution in [3.63, 3.8) is 0 Å². The van der Waals surface area contributed by atoms with Gasteiger partial charge < -0.3 is 0 Å².